The van der Waals surface area contributed by atoms with Gasteiger partial charge in [-0.15, -0.1) is 10.2 Å². The van der Waals surface area contributed by atoms with Crippen molar-refractivity contribution in [2.75, 3.05) is 0 Å². The molecule has 0 unspecified atom stereocenters. The Kier molecular flexibility index (Phi) is 6.97. The summed E-state index contributed by atoms with van der Waals surface area (Å²) in [6, 6.07) is 16.9. The summed E-state index contributed by atoms with van der Waals surface area (Å²) in [6.45, 7) is 4.91. The summed E-state index contributed by atoms with van der Waals surface area (Å²) in [6.07, 6.45) is 11.0. The number of aromatic nitrogens is 7. The molecule has 32 heavy (non-hydrogen) atoms. The normalized spacial score (nSPS) is 11.7. The van der Waals surface area contributed by atoms with Gasteiger partial charge in [0.15, 0.2) is 11.6 Å². The minimum absolute atomic E-state index is 0.608. The number of allylic oxidation sites excluding steroid dienone is 2. The summed E-state index contributed by atoms with van der Waals surface area (Å²) >= 11 is 0. The van der Waals surface area contributed by atoms with E-state index in [4.69, 9.17) is 0 Å². The quantitative estimate of drug-likeness (QED) is 0.410. The van der Waals surface area contributed by atoms with E-state index in [9.17, 15) is 0 Å². The summed E-state index contributed by atoms with van der Waals surface area (Å²) in [5, 5.41) is 18.9. The number of aromatic amines is 1. The lowest BCUT2D eigenvalue weighted by Gasteiger charge is -2.07. The van der Waals surface area contributed by atoms with Gasteiger partial charge in [0, 0.05) is 5.56 Å². The molecule has 0 atom stereocenters. The Morgan fingerprint density at radius 1 is 0.906 bits per heavy atom. The largest absolute Gasteiger partial charge is 0.241 e. The van der Waals surface area contributed by atoms with Crippen LogP contribution in [0.15, 0.2) is 60.7 Å². The van der Waals surface area contributed by atoms with E-state index in [1.54, 1.807) is 0 Å². The molecule has 2 heterocycles. The van der Waals surface area contributed by atoms with E-state index in [1.807, 2.05) is 29.0 Å². The van der Waals surface area contributed by atoms with Crippen molar-refractivity contribution in [3.8, 4) is 11.4 Å². The second-order valence-corrected chi connectivity index (χ2v) is 7.54. The van der Waals surface area contributed by atoms with Crippen LogP contribution in [0.4, 0.5) is 0 Å². The molecule has 2 aromatic heterocycles. The first-order valence-corrected chi connectivity index (χ1v) is 10.9. The summed E-state index contributed by atoms with van der Waals surface area (Å²) in [5.74, 6) is 2.24. The van der Waals surface area contributed by atoms with Gasteiger partial charge >= 0.3 is 0 Å². The summed E-state index contributed by atoms with van der Waals surface area (Å²) in [5.41, 5.74) is 4.60. The fourth-order valence-corrected chi connectivity index (χ4v) is 3.40. The fraction of sp³-hybridized carbons (Fsp3) is 0.240. The van der Waals surface area contributed by atoms with Gasteiger partial charge in [0.2, 0.25) is 5.82 Å². The Hall–Kier alpha value is -3.87. The van der Waals surface area contributed by atoms with E-state index in [1.165, 1.54) is 16.7 Å². The van der Waals surface area contributed by atoms with Gasteiger partial charge in [0.05, 0.1) is 6.54 Å². The molecular formula is C25H27N7. The summed E-state index contributed by atoms with van der Waals surface area (Å²) in [4.78, 5) is 4.65. The molecule has 0 saturated carbocycles. The number of hydrogen-bond acceptors (Lipinski definition) is 5. The van der Waals surface area contributed by atoms with Crippen LogP contribution in [0, 0.1) is 0 Å². The van der Waals surface area contributed by atoms with Gasteiger partial charge in [-0.25, -0.2) is 9.67 Å². The molecule has 0 aliphatic carbocycles. The molecule has 0 aliphatic heterocycles. The van der Waals surface area contributed by atoms with Crippen molar-refractivity contribution < 1.29 is 0 Å². The zero-order chi connectivity index (χ0) is 22.2. The monoisotopic (exact) mass is 425 g/mol. The van der Waals surface area contributed by atoms with Crippen molar-refractivity contribution in [3.63, 3.8) is 0 Å². The molecule has 4 aromatic rings. The maximum atomic E-state index is 4.67. The molecular weight excluding hydrogens is 398 g/mol. The molecule has 0 aliphatic rings. The molecule has 7 heteroatoms. The van der Waals surface area contributed by atoms with E-state index in [2.05, 4.69) is 93.1 Å². The number of benzene rings is 2. The first kappa shape index (κ1) is 21.4. The Balaban J connectivity index is 1.47. The SMILES string of the molecule is CCC=Cc1nc(C=CCC)n(Cc2ccc(Cc3cccc(-c4nn[nH]n4)c3)cc2)n1. The number of tetrazole rings is 1. The number of hydrogen-bond donors (Lipinski definition) is 1. The van der Waals surface area contributed by atoms with Crippen molar-refractivity contribution in [1.82, 2.24) is 35.4 Å². The molecule has 0 bridgehead atoms. The average Bonchev–Trinajstić information content (AvgIpc) is 3.48. The Morgan fingerprint density at radius 2 is 1.69 bits per heavy atom. The van der Waals surface area contributed by atoms with Crippen LogP contribution >= 0.6 is 0 Å². The highest BCUT2D eigenvalue weighted by Gasteiger charge is 2.08. The average molecular weight is 426 g/mol. The van der Waals surface area contributed by atoms with Crippen molar-refractivity contribution in [3.05, 3.63) is 89.0 Å². The van der Waals surface area contributed by atoms with Crippen LogP contribution in [0.25, 0.3) is 23.5 Å². The van der Waals surface area contributed by atoms with Crippen LogP contribution in [-0.2, 0) is 13.0 Å². The van der Waals surface area contributed by atoms with E-state index >= 15 is 0 Å². The van der Waals surface area contributed by atoms with Gasteiger partial charge in [0.25, 0.3) is 0 Å². The second kappa shape index (κ2) is 10.4. The lowest BCUT2D eigenvalue weighted by atomic mass is 10.0. The maximum Gasteiger partial charge on any atom is 0.204 e. The predicted molar refractivity (Wildman–Crippen MR) is 127 cm³/mol. The molecule has 0 spiro atoms. The van der Waals surface area contributed by atoms with Crippen LogP contribution in [0.3, 0.4) is 0 Å². The first-order chi connectivity index (χ1) is 15.7. The Bertz CT molecular complexity index is 1190. The number of nitrogens with one attached hydrogen (secondary N) is 1. The van der Waals surface area contributed by atoms with Gasteiger partial charge in [-0.3, -0.25) is 0 Å². The molecule has 162 valence electrons. The van der Waals surface area contributed by atoms with Gasteiger partial charge in [0.1, 0.15) is 0 Å². The van der Waals surface area contributed by atoms with Crippen molar-refractivity contribution in [2.45, 2.75) is 39.7 Å². The van der Waals surface area contributed by atoms with Gasteiger partial charge in [-0.05, 0) is 59.4 Å². The van der Waals surface area contributed by atoms with Crippen LogP contribution in [-0.4, -0.2) is 35.4 Å². The minimum atomic E-state index is 0.608. The molecule has 1 N–H and O–H groups in total. The molecule has 7 nitrogen and oxygen atoms in total. The molecule has 0 amide bonds. The number of H-pyrrole nitrogens is 1. The zero-order valence-electron chi connectivity index (χ0n) is 18.4. The summed E-state index contributed by atoms with van der Waals surface area (Å²) in [7, 11) is 0. The smallest absolute Gasteiger partial charge is 0.204 e. The minimum Gasteiger partial charge on any atom is -0.241 e. The van der Waals surface area contributed by atoms with Crippen molar-refractivity contribution in [2.24, 2.45) is 0 Å². The molecule has 0 radical (unpaired) electrons. The number of nitrogens with zero attached hydrogens (tertiary/aromatic N) is 6. The van der Waals surface area contributed by atoms with E-state index in [0.29, 0.717) is 12.4 Å². The zero-order valence-corrected chi connectivity index (χ0v) is 18.4. The molecule has 0 saturated heterocycles. The molecule has 4 rings (SSSR count). The highest BCUT2D eigenvalue weighted by molar-refractivity contribution is 5.55. The van der Waals surface area contributed by atoms with Gasteiger partial charge < -0.3 is 0 Å². The maximum absolute atomic E-state index is 4.67. The van der Waals surface area contributed by atoms with Crippen LogP contribution in [0.2, 0.25) is 0 Å². The topological polar surface area (TPSA) is 85.2 Å². The molecule has 0 fully saturated rings. The van der Waals surface area contributed by atoms with Crippen LogP contribution in [0.5, 0.6) is 0 Å². The van der Waals surface area contributed by atoms with E-state index in [-0.39, 0.29) is 0 Å². The molecule has 2 aromatic carbocycles. The van der Waals surface area contributed by atoms with Crippen molar-refractivity contribution in [1.29, 1.82) is 0 Å². The third-order valence-corrected chi connectivity index (χ3v) is 5.02. The summed E-state index contributed by atoms with van der Waals surface area (Å²) < 4.78 is 1.96. The lowest BCUT2D eigenvalue weighted by molar-refractivity contribution is 0.676. The van der Waals surface area contributed by atoms with Crippen LogP contribution < -0.4 is 0 Å². The third-order valence-electron chi connectivity index (χ3n) is 5.02. The number of rotatable bonds is 9. The third kappa shape index (κ3) is 5.43. The Labute approximate surface area is 187 Å². The van der Waals surface area contributed by atoms with E-state index < -0.39 is 0 Å². The van der Waals surface area contributed by atoms with Crippen LogP contribution in [0.1, 0.15) is 55.0 Å². The van der Waals surface area contributed by atoms with Gasteiger partial charge in [-0.1, -0.05) is 68.5 Å². The van der Waals surface area contributed by atoms with Gasteiger partial charge in [-0.2, -0.15) is 10.3 Å². The predicted octanol–water partition coefficient (Wildman–Crippen LogP) is 4.94. The first-order valence-electron chi connectivity index (χ1n) is 10.9. The van der Waals surface area contributed by atoms with E-state index in [0.717, 1.165) is 36.5 Å². The second-order valence-electron chi connectivity index (χ2n) is 7.54. The fourth-order valence-electron chi connectivity index (χ4n) is 3.40. The Morgan fingerprint density at radius 3 is 2.44 bits per heavy atom. The highest BCUT2D eigenvalue weighted by atomic mass is 15.5. The highest BCUT2D eigenvalue weighted by Crippen LogP contribution is 2.18. The lowest BCUT2D eigenvalue weighted by Crippen LogP contribution is -2.04. The standard InChI is InChI=1S/C25H27N7/c1-3-5-10-23-26-24(11-6-4-2)32(29-23)18-20-14-12-19(13-15-20)16-21-8-7-9-22(17-21)25-27-30-31-28-25/h5-15,17H,3-4,16,18H2,1-2H3,(H,27,28,30,31). The van der Waals surface area contributed by atoms with Crippen molar-refractivity contribution >= 4 is 12.2 Å².